The van der Waals surface area contributed by atoms with Crippen LogP contribution in [0, 0.1) is 0 Å². The van der Waals surface area contributed by atoms with Gasteiger partial charge in [-0.1, -0.05) is 0 Å². The summed E-state index contributed by atoms with van der Waals surface area (Å²) in [7, 11) is 3.69. The fourth-order valence-electron chi connectivity index (χ4n) is 0.881. The van der Waals surface area contributed by atoms with Crippen LogP contribution in [0.4, 0.5) is 5.88 Å². The first kappa shape index (κ1) is 11.3. The van der Waals surface area contributed by atoms with Gasteiger partial charge in [0.15, 0.2) is 0 Å². The lowest BCUT2D eigenvalue weighted by Gasteiger charge is -2.00. The molecule has 0 aliphatic rings. The molecule has 0 saturated heterocycles. The zero-order chi connectivity index (χ0) is 11.3. The highest BCUT2D eigenvalue weighted by Gasteiger charge is 2.10. The van der Waals surface area contributed by atoms with Gasteiger partial charge in [-0.15, -0.1) is 0 Å². The predicted octanol–water partition coefficient (Wildman–Crippen LogP) is 1.68. The van der Waals surface area contributed by atoms with E-state index in [9.17, 15) is 4.79 Å². The van der Waals surface area contributed by atoms with Gasteiger partial charge in [-0.3, -0.25) is 0 Å². The molecule has 0 fully saturated rings. The van der Waals surface area contributed by atoms with Crippen molar-refractivity contribution in [2.75, 3.05) is 20.7 Å². The quantitative estimate of drug-likeness (QED) is 0.431. The van der Waals surface area contributed by atoms with Gasteiger partial charge in [0.1, 0.15) is 0 Å². The van der Waals surface area contributed by atoms with Crippen molar-refractivity contribution in [3.8, 4) is 0 Å². The molecule has 0 unspecified atom stereocenters. The molecule has 5 heteroatoms. The molecule has 1 heterocycles. The van der Waals surface area contributed by atoms with Gasteiger partial charge in [-0.05, 0) is 13.0 Å². The lowest BCUT2D eigenvalue weighted by atomic mass is 10.4. The Bertz CT molecular complexity index is 355. The summed E-state index contributed by atoms with van der Waals surface area (Å²) >= 11 is 0. The van der Waals surface area contributed by atoms with E-state index in [2.05, 4.69) is 4.99 Å². The van der Waals surface area contributed by atoms with E-state index in [4.69, 9.17) is 9.15 Å². The van der Waals surface area contributed by atoms with E-state index >= 15 is 0 Å². The van der Waals surface area contributed by atoms with Crippen LogP contribution in [0.5, 0.6) is 0 Å². The summed E-state index contributed by atoms with van der Waals surface area (Å²) in [5, 5.41) is 0. The summed E-state index contributed by atoms with van der Waals surface area (Å²) in [5.74, 6) is 0.0818. The number of carbonyl (C=O) groups excluding carboxylic acids is 1. The number of aliphatic imine (C=N–C) groups is 1. The topological polar surface area (TPSA) is 55.0 Å². The number of hydrogen-bond donors (Lipinski definition) is 0. The van der Waals surface area contributed by atoms with Gasteiger partial charge in [0, 0.05) is 20.2 Å². The molecular weight excluding hydrogens is 196 g/mol. The summed E-state index contributed by atoms with van der Waals surface area (Å²) in [5.41, 5.74) is 0. The van der Waals surface area contributed by atoms with Crippen molar-refractivity contribution in [3.05, 3.63) is 17.9 Å². The largest absolute Gasteiger partial charge is 0.460 e. The van der Waals surface area contributed by atoms with E-state index in [-0.39, 0.29) is 5.76 Å². The summed E-state index contributed by atoms with van der Waals surface area (Å²) in [6, 6.07) is 3.16. The molecule has 0 spiro atoms. The third-order valence-corrected chi connectivity index (χ3v) is 1.48. The first-order valence-corrected chi connectivity index (χ1v) is 4.61. The Morgan fingerprint density at radius 2 is 2.33 bits per heavy atom. The number of nitrogens with zero attached hydrogens (tertiary/aromatic N) is 2. The Labute approximate surface area is 88.3 Å². The summed E-state index contributed by atoms with van der Waals surface area (Å²) in [6.45, 7) is 2.07. The van der Waals surface area contributed by atoms with Crippen molar-refractivity contribution in [2.24, 2.45) is 4.99 Å². The van der Waals surface area contributed by atoms with Crippen molar-refractivity contribution < 1.29 is 13.9 Å². The lowest BCUT2D eigenvalue weighted by molar-refractivity contribution is 0.0491. The number of hydrogen-bond acceptors (Lipinski definition) is 4. The Morgan fingerprint density at radius 3 is 2.93 bits per heavy atom. The van der Waals surface area contributed by atoms with Crippen molar-refractivity contribution in [1.82, 2.24) is 4.90 Å². The molecule has 0 bridgehead atoms. The van der Waals surface area contributed by atoms with Crippen LogP contribution in [0.2, 0.25) is 0 Å². The molecule has 0 amide bonds. The molecule has 1 aromatic rings. The minimum atomic E-state index is -0.469. The Balaban J connectivity index is 2.68. The monoisotopic (exact) mass is 210 g/mol. The second kappa shape index (κ2) is 5.19. The van der Waals surface area contributed by atoms with Crippen LogP contribution < -0.4 is 0 Å². The molecule has 15 heavy (non-hydrogen) atoms. The van der Waals surface area contributed by atoms with E-state index in [1.165, 1.54) is 0 Å². The van der Waals surface area contributed by atoms with Gasteiger partial charge < -0.3 is 14.1 Å². The second-order valence-electron chi connectivity index (χ2n) is 3.07. The molecule has 0 N–H and O–H groups in total. The maximum absolute atomic E-state index is 11.2. The average molecular weight is 210 g/mol. The van der Waals surface area contributed by atoms with E-state index in [1.54, 1.807) is 30.3 Å². The number of esters is 1. The maximum atomic E-state index is 11.2. The van der Waals surface area contributed by atoms with Gasteiger partial charge >= 0.3 is 5.97 Å². The van der Waals surface area contributed by atoms with Gasteiger partial charge in [0.25, 0.3) is 0 Å². The maximum Gasteiger partial charge on any atom is 0.374 e. The van der Waals surface area contributed by atoms with Crippen LogP contribution in [0.15, 0.2) is 21.5 Å². The lowest BCUT2D eigenvalue weighted by Crippen LogP contribution is -2.06. The Hall–Kier alpha value is -1.78. The van der Waals surface area contributed by atoms with Crippen molar-refractivity contribution in [2.45, 2.75) is 6.92 Å². The van der Waals surface area contributed by atoms with Crippen LogP contribution in [-0.2, 0) is 4.74 Å². The summed E-state index contributed by atoms with van der Waals surface area (Å²) in [4.78, 5) is 17.0. The molecule has 82 valence electrons. The molecule has 1 aromatic heterocycles. The number of carbonyl (C=O) groups is 1. The van der Waals surface area contributed by atoms with Crippen LogP contribution in [0.3, 0.4) is 0 Å². The molecule has 1 rings (SSSR count). The average Bonchev–Trinajstić information content (AvgIpc) is 2.63. The van der Waals surface area contributed by atoms with Crippen molar-refractivity contribution >= 4 is 18.2 Å². The van der Waals surface area contributed by atoms with Crippen LogP contribution >= 0.6 is 0 Å². The molecular formula is C10H14N2O3. The minimum absolute atomic E-state index is 0.169. The highest BCUT2D eigenvalue weighted by atomic mass is 16.5. The van der Waals surface area contributed by atoms with Crippen molar-refractivity contribution in [3.63, 3.8) is 0 Å². The number of rotatable bonds is 4. The third-order valence-electron chi connectivity index (χ3n) is 1.48. The van der Waals surface area contributed by atoms with Crippen LogP contribution in [-0.4, -0.2) is 37.9 Å². The second-order valence-corrected chi connectivity index (χ2v) is 3.07. The fourth-order valence-corrected chi connectivity index (χ4v) is 0.881. The van der Waals surface area contributed by atoms with E-state index < -0.39 is 5.97 Å². The SMILES string of the molecule is CCOC(=O)c1ccc(N=CN(C)C)o1. The van der Waals surface area contributed by atoms with Crippen LogP contribution in [0.25, 0.3) is 0 Å². The molecule has 0 saturated carbocycles. The zero-order valence-corrected chi connectivity index (χ0v) is 9.06. The summed E-state index contributed by atoms with van der Waals surface area (Å²) < 4.78 is 9.92. The Kier molecular flexibility index (Phi) is 3.91. The van der Waals surface area contributed by atoms with E-state index in [0.717, 1.165) is 0 Å². The smallest absolute Gasteiger partial charge is 0.374 e. The van der Waals surface area contributed by atoms with Crippen LogP contribution in [0.1, 0.15) is 17.5 Å². The van der Waals surface area contributed by atoms with Gasteiger partial charge in [-0.2, -0.15) is 0 Å². The molecule has 0 aromatic carbocycles. The Morgan fingerprint density at radius 1 is 1.60 bits per heavy atom. The molecule has 0 aliphatic carbocycles. The van der Waals surface area contributed by atoms with Crippen molar-refractivity contribution in [1.29, 1.82) is 0 Å². The third kappa shape index (κ3) is 3.46. The number of furan rings is 1. The first-order valence-electron chi connectivity index (χ1n) is 4.61. The fraction of sp³-hybridized carbons (Fsp3) is 0.400. The normalized spacial score (nSPS) is 10.6. The summed E-state index contributed by atoms with van der Waals surface area (Å²) in [6.07, 6.45) is 1.59. The van der Waals surface area contributed by atoms with E-state index in [1.807, 2.05) is 14.1 Å². The predicted molar refractivity (Wildman–Crippen MR) is 56.5 cm³/mol. The van der Waals surface area contributed by atoms with Gasteiger partial charge in [-0.25, -0.2) is 9.79 Å². The van der Waals surface area contributed by atoms with Gasteiger partial charge in [0.05, 0.1) is 12.9 Å². The molecule has 0 radical (unpaired) electrons. The first-order chi connectivity index (χ1) is 7.13. The zero-order valence-electron chi connectivity index (χ0n) is 9.06. The molecule has 0 atom stereocenters. The highest BCUT2D eigenvalue weighted by Crippen LogP contribution is 2.16. The molecule has 5 nitrogen and oxygen atoms in total. The number of ether oxygens (including phenoxy) is 1. The minimum Gasteiger partial charge on any atom is -0.460 e. The molecule has 0 aliphatic heterocycles. The van der Waals surface area contributed by atoms with E-state index in [0.29, 0.717) is 12.5 Å². The van der Waals surface area contributed by atoms with Gasteiger partial charge in [0.2, 0.25) is 11.6 Å². The highest BCUT2D eigenvalue weighted by molar-refractivity contribution is 5.86. The standard InChI is InChI=1S/C10H14N2O3/c1-4-14-10(13)8-5-6-9(15-8)11-7-12(2)3/h5-7H,4H2,1-3H3.